The van der Waals surface area contributed by atoms with Crippen molar-refractivity contribution >= 4 is 9.84 Å². The van der Waals surface area contributed by atoms with E-state index in [4.69, 9.17) is 4.42 Å². The van der Waals surface area contributed by atoms with Crippen molar-refractivity contribution in [2.45, 2.75) is 32.7 Å². The van der Waals surface area contributed by atoms with Crippen LogP contribution in [0, 0.1) is 11.8 Å². The fourth-order valence-electron chi connectivity index (χ4n) is 2.68. The fourth-order valence-corrected chi connectivity index (χ4v) is 4.59. The number of hydrogen-bond acceptors (Lipinski definition) is 4. The van der Waals surface area contributed by atoms with Crippen molar-refractivity contribution in [3.63, 3.8) is 0 Å². The first-order valence-corrected chi connectivity index (χ1v) is 8.74. The maximum Gasteiger partial charge on any atom is 0.150 e. The van der Waals surface area contributed by atoms with Gasteiger partial charge in [0.2, 0.25) is 0 Å². The molecule has 1 N–H and O–H groups in total. The van der Waals surface area contributed by atoms with Crippen LogP contribution in [-0.2, 0) is 16.3 Å². The normalized spacial score (nSPS) is 23.8. The molecule has 1 saturated heterocycles. The summed E-state index contributed by atoms with van der Waals surface area (Å²) in [5, 5.41) is 3.43. The largest absolute Gasteiger partial charge is 0.469 e. The Balaban J connectivity index is 2.01. The summed E-state index contributed by atoms with van der Waals surface area (Å²) in [5.41, 5.74) is 0. The van der Waals surface area contributed by atoms with E-state index in [0.29, 0.717) is 23.5 Å². The van der Waals surface area contributed by atoms with Crippen molar-refractivity contribution in [2.75, 3.05) is 18.1 Å². The molecule has 1 aromatic heterocycles. The molecular weight excluding hydrogens is 262 g/mol. The van der Waals surface area contributed by atoms with E-state index in [0.717, 1.165) is 25.1 Å². The average molecular weight is 285 g/mol. The quantitative estimate of drug-likeness (QED) is 0.867. The Labute approximate surface area is 115 Å². The molecule has 4 nitrogen and oxygen atoms in total. The van der Waals surface area contributed by atoms with Crippen LogP contribution in [0.15, 0.2) is 22.8 Å². The van der Waals surface area contributed by atoms with Crippen molar-refractivity contribution in [1.82, 2.24) is 5.32 Å². The van der Waals surface area contributed by atoms with Gasteiger partial charge in [-0.3, -0.25) is 0 Å². The number of nitrogens with one attached hydrogen (secondary N) is 1. The number of rotatable bonds is 6. The van der Waals surface area contributed by atoms with Gasteiger partial charge in [0, 0.05) is 12.5 Å². The lowest BCUT2D eigenvalue weighted by atomic mass is 9.88. The first-order chi connectivity index (χ1) is 8.96. The maximum absolute atomic E-state index is 11.6. The van der Waals surface area contributed by atoms with Crippen LogP contribution in [0.5, 0.6) is 0 Å². The Morgan fingerprint density at radius 3 is 2.79 bits per heavy atom. The molecule has 0 radical (unpaired) electrons. The SMILES string of the molecule is CC(C)NCC(Cc1ccco1)C1CCS(=O)(=O)C1. The molecule has 2 heterocycles. The molecule has 0 amide bonds. The molecule has 2 rings (SSSR count). The monoisotopic (exact) mass is 285 g/mol. The maximum atomic E-state index is 11.6. The first kappa shape index (κ1) is 14.6. The van der Waals surface area contributed by atoms with E-state index in [1.54, 1.807) is 6.26 Å². The summed E-state index contributed by atoms with van der Waals surface area (Å²) in [6.07, 6.45) is 3.27. The van der Waals surface area contributed by atoms with Gasteiger partial charge in [-0.1, -0.05) is 13.8 Å². The zero-order valence-electron chi connectivity index (χ0n) is 11.6. The summed E-state index contributed by atoms with van der Waals surface area (Å²) in [6.45, 7) is 5.06. The predicted molar refractivity (Wildman–Crippen MR) is 75.8 cm³/mol. The van der Waals surface area contributed by atoms with Gasteiger partial charge in [0.25, 0.3) is 0 Å². The van der Waals surface area contributed by atoms with Gasteiger partial charge in [0.1, 0.15) is 5.76 Å². The highest BCUT2D eigenvalue weighted by atomic mass is 32.2. The molecule has 1 fully saturated rings. The Hall–Kier alpha value is -0.810. The van der Waals surface area contributed by atoms with E-state index >= 15 is 0 Å². The average Bonchev–Trinajstić information content (AvgIpc) is 2.93. The Bertz CT molecular complexity index is 479. The second-order valence-electron chi connectivity index (χ2n) is 5.77. The summed E-state index contributed by atoms with van der Waals surface area (Å²) >= 11 is 0. The van der Waals surface area contributed by atoms with Gasteiger partial charge in [0.05, 0.1) is 17.8 Å². The van der Waals surface area contributed by atoms with Gasteiger partial charge in [-0.25, -0.2) is 8.42 Å². The van der Waals surface area contributed by atoms with E-state index in [2.05, 4.69) is 19.2 Å². The second-order valence-corrected chi connectivity index (χ2v) is 8.00. The minimum atomic E-state index is -2.82. The van der Waals surface area contributed by atoms with E-state index in [9.17, 15) is 8.42 Å². The van der Waals surface area contributed by atoms with Gasteiger partial charge in [-0.15, -0.1) is 0 Å². The van der Waals surface area contributed by atoms with Gasteiger partial charge in [0.15, 0.2) is 9.84 Å². The van der Waals surface area contributed by atoms with Crippen molar-refractivity contribution < 1.29 is 12.8 Å². The summed E-state index contributed by atoms with van der Waals surface area (Å²) < 4.78 is 28.7. The molecule has 2 unspecified atom stereocenters. The topological polar surface area (TPSA) is 59.3 Å². The third-order valence-electron chi connectivity index (χ3n) is 3.77. The Kier molecular flexibility index (Phi) is 4.68. The lowest BCUT2D eigenvalue weighted by molar-refractivity contribution is 0.313. The van der Waals surface area contributed by atoms with Gasteiger partial charge in [-0.05, 0) is 36.9 Å². The molecule has 0 saturated carbocycles. The smallest absolute Gasteiger partial charge is 0.150 e. The molecule has 19 heavy (non-hydrogen) atoms. The van der Waals surface area contributed by atoms with Crippen LogP contribution < -0.4 is 5.32 Å². The molecule has 0 aliphatic carbocycles. The Morgan fingerprint density at radius 1 is 1.47 bits per heavy atom. The van der Waals surface area contributed by atoms with Crippen molar-refractivity contribution in [2.24, 2.45) is 11.8 Å². The predicted octanol–water partition coefficient (Wildman–Crippen LogP) is 1.87. The molecule has 1 aliphatic heterocycles. The van der Waals surface area contributed by atoms with E-state index in [1.165, 1.54) is 0 Å². The van der Waals surface area contributed by atoms with E-state index in [-0.39, 0.29) is 5.92 Å². The van der Waals surface area contributed by atoms with Gasteiger partial charge < -0.3 is 9.73 Å². The molecule has 1 aromatic rings. The zero-order chi connectivity index (χ0) is 13.9. The highest BCUT2D eigenvalue weighted by Gasteiger charge is 2.33. The van der Waals surface area contributed by atoms with Crippen molar-refractivity contribution in [3.05, 3.63) is 24.2 Å². The molecule has 2 atom stereocenters. The van der Waals surface area contributed by atoms with Crippen molar-refractivity contribution in [1.29, 1.82) is 0 Å². The van der Waals surface area contributed by atoms with Crippen LogP contribution in [0.2, 0.25) is 0 Å². The lowest BCUT2D eigenvalue weighted by Gasteiger charge is -2.23. The minimum absolute atomic E-state index is 0.251. The fraction of sp³-hybridized carbons (Fsp3) is 0.714. The van der Waals surface area contributed by atoms with Crippen LogP contribution >= 0.6 is 0 Å². The van der Waals surface area contributed by atoms with Gasteiger partial charge >= 0.3 is 0 Å². The highest BCUT2D eigenvalue weighted by molar-refractivity contribution is 7.91. The van der Waals surface area contributed by atoms with Crippen LogP contribution in [0.4, 0.5) is 0 Å². The molecule has 108 valence electrons. The molecule has 5 heteroatoms. The number of furan rings is 1. The third-order valence-corrected chi connectivity index (χ3v) is 5.56. The van der Waals surface area contributed by atoms with Crippen LogP contribution in [0.25, 0.3) is 0 Å². The highest BCUT2D eigenvalue weighted by Crippen LogP contribution is 2.28. The van der Waals surface area contributed by atoms with Crippen LogP contribution in [0.3, 0.4) is 0 Å². The van der Waals surface area contributed by atoms with E-state index in [1.807, 2.05) is 12.1 Å². The van der Waals surface area contributed by atoms with E-state index < -0.39 is 9.84 Å². The molecular formula is C14H23NO3S. The standard InChI is InChI=1S/C14H23NO3S/c1-11(2)15-9-13(8-14-4-3-6-18-14)12-5-7-19(16,17)10-12/h3-4,6,11-13,15H,5,7-10H2,1-2H3. The molecule has 0 spiro atoms. The van der Waals surface area contributed by atoms with Gasteiger partial charge in [-0.2, -0.15) is 0 Å². The number of hydrogen-bond donors (Lipinski definition) is 1. The Morgan fingerprint density at radius 2 is 2.26 bits per heavy atom. The van der Waals surface area contributed by atoms with Crippen LogP contribution in [0.1, 0.15) is 26.0 Å². The zero-order valence-corrected chi connectivity index (χ0v) is 12.4. The second kappa shape index (κ2) is 6.09. The van der Waals surface area contributed by atoms with Crippen LogP contribution in [-0.4, -0.2) is 32.5 Å². The summed E-state index contributed by atoms with van der Waals surface area (Å²) in [4.78, 5) is 0. The summed E-state index contributed by atoms with van der Waals surface area (Å²) in [7, 11) is -2.82. The molecule has 0 bridgehead atoms. The first-order valence-electron chi connectivity index (χ1n) is 6.92. The number of sulfone groups is 1. The summed E-state index contributed by atoms with van der Waals surface area (Å²) in [6, 6.07) is 4.26. The third kappa shape index (κ3) is 4.35. The minimum Gasteiger partial charge on any atom is -0.469 e. The molecule has 1 aliphatic rings. The molecule has 0 aromatic carbocycles. The lowest BCUT2D eigenvalue weighted by Crippen LogP contribution is -2.34. The van der Waals surface area contributed by atoms with Crippen molar-refractivity contribution in [3.8, 4) is 0 Å². The summed E-state index contributed by atoms with van der Waals surface area (Å²) in [5.74, 6) is 2.19.